The minimum atomic E-state index is -5.09. The van der Waals surface area contributed by atoms with Crippen LogP contribution in [0.15, 0.2) is 72.8 Å². The molecule has 0 unspecified atom stereocenters. The molecular weight excluding hydrogens is 437 g/mol. The molecule has 3 N–H and O–H groups in total. The fraction of sp³-hybridized carbons (Fsp3) is 0.0870. The third-order valence-corrected chi connectivity index (χ3v) is 4.83. The van der Waals surface area contributed by atoms with Gasteiger partial charge >= 0.3 is 12.1 Å². The Hall–Kier alpha value is -4.34. The highest BCUT2D eigenvalue weighted by Gasteiger charge is 2.43. The number of alkyl halides is 3. The SMILES string of the molecule is O=C(Nc1nc2ccccc2[nH]1)c1ccc(N(Cc2ccc(O)cc2)C(=O)C(F)(F)F)cc1. The summed E-state index contributed by atoms with van der Waals surface area (Å²) in [4.78, 5) is 32.3. The van der Waals surface area contributed by atoms with E-state index in [0.29, 0.717) is 16.0 Å². The van der Waals surface area contributed by atoms with E-state index < -0.39 is 18.0 Å². The van der Waals surface area contributed by atoms with Gasteiger partial charge in [-0.15, -0.1) is 0 Å². The van der Waals surface area contributed by atoms with E-state index in [-0.39, 0.29) is 29.5 Å². The number of imidazole rings is 1. The van der Waals surface area contributed by atoms with Crippen LogP contribution in [0.2, 0.25) is 0 Å². The number of aromatic hydroxyl groups is 1. The van der Waals surface area contributed by atoms with Gasteiger partial charge in [0.25, 0.3) is 5.91 Å². The van der Waals surface area contributed by atoms with Crippen molar-refractivity contribution < 1.29 is 27.9 Å². The molecule has 0 bridgehead atoms. The standard InChI is InChI=1S/C23H17F3N4O3/c24-23(25,26)21(33)30(13-14-5-11-17(31)12-6-14)16-9-7-15(8-10-16)20(32)29-22-27-18-3-1-2-4-19(18)28-22/h1-12,31H,13H2,(H2,27,28,29,32). The fourth-order valence-electron chi connectivity index (χ4n) is 3.20. The number of para-hydroxylation sites is 2. The first-order chi connectivity index (χ1) is 15.7. The van der Waals surface area contributed by atoms with E-state index in [2.05, 4.69) is 15.3 Å². The molecule has 0 saturated carbocycles. The molecule has 2 amide bonds. The lowest BCUT2D eigenvalue weighted by atomic mass is 10.1. The molecule has 0 atom stereocenters. The second kappa shape index (κ2) is 8.65. The van der Waals surface area contributed by atoms with E-state index >= 15 is 0 Å². The summed E-state index contributed by atoms with van der Waals surface area (Å²) in [5.41, 5.74) is 1.92. The molecule has 0 fully saturated rings. The summed E-state index contributed by atoms with van der Waals surface area (Å²) in [6.07, 6.45) is -5.09. The van der Waals surface area contributed by atoms with E-state index in [9.17, 15) is 27.9 Å². The van der Waals surface area contributed by atoms with Crippen LogP contribution < -0.4 is 10.2 Å². The summed E-state index contributed by atoms with van der Waals surface area (Å²) in [5, 5.41) is 12.0. The number of phenols is 1. The van der Waals surface area contributed by atoms with Crippen LogP contribution in [0, 0.1) is 0 Å². The monoisotopic (exact) mass is 454 g/mol. The Kier molecular flexibility index (Phi) is 5.74. The molecule has 168 valence electrons. The third kappa shape index (κ3) is 4.95. The maximum atomic E-state index is 13.2. The van der Waals surface area contributed by atoms with Crippen LogP contribution >= 0.6 is 0 Å². The molecule has 4 aromatic rings. The smallest absolute Gasteiger partial charge is 0.471 e. The Morgan fingerprint density at radius 1 is 0.970 bits per heavy atom. The molecule has 1 heterocycles. The topological polar surface area (TPSA) is 98.3 Å². The van der Waals surface area contributed by atoms with Crippen LogP contribution in [0.1, 0.15) is 15.9 Å². The van der Waals surface area contributed by atoms with E-state index in [4.69, 9.17) is 0 Å². The van der Waals surface area contributed by atoms with E-state index in [1.807, 2.05) is 6.07 Å². The maximum Gasteiger partial charge on any atom is 0.471 e. The molecule has 4 rings (SSSR count). The highest BCUT2D eigenvalue weighted by molar-refractivity contribution is 6.04. The van der Waals surface area contributed by atoms with Gasteiger partial charge in [-0.2, -0.15) is 13.2 Å². The first-order valence-corrected chi connectivity index (χ1v) is 9.73. The number of benzene rings is 3. The van der Waals surface area contributed by atoms with Gasteiger partial charge in [0.05, 0.1) is 17.6 Å². The lowest BCUT2D eigenvalue weighted by molar-refractivity contribution is -0.170. The Bertz CT molecular complexity index is 1270. The molecule has 7 nitrogen and oxygen atoms in total. The number of hydrogen-bond acceptors (Lipinski definition) is 4. The number of carbonyl (C=O) groups is 2. The summed E-state index contributed by atoms with van der Waals surface area (Å²) in [5.74, 6) is -2.39. The average Bonchev–Trinajstić information content (AvgIpc) is 3.20. The summed E-state index contributed by atoms with van der Waals surface area (Å²) in [6, 6.07) is 17.8. The number of anilines is 2. The predicted octanol–water partition coefficient (Wildman–Crippen LogP) is 4.62. The number of halogens is 3. The molecular formula is C23H17F3N4O3. The Balaban J connectivity index is 1.55. The molecule has 10 heteroatoms. The first kappa shape index (κ1) is 21.9. The van der Waals surface area contributed by atoms with Crippen molar-refractivity contribution in [1.29, 1.82) is 0 Å². The van der Waals surface area contributed by atoms with Gasteiger partial charge < -0.3 is 15.0 Å². The highest BCUT2D eigenvalue weighted by atomic mass is 19.4. The molecule has 0 spiro atoms. The largest absolute Gasteiger partial charge is 0.508 e. The molecule has 0 saturated heterocycles. The van der Waals surface area contributed by atoms with Crippen molar-refractivity contribution in [3.63, 3.8) is 0 Å². The second-order valence-electron chi connectivity index (χ2n) is 7.16. The van der Waals surface area contributed by atoms with Gasteiger partial charge in [0, 0.05) is 11.3 Å². The van der Waals surface area contributed by atoms with Gasteiger partial charge in [-0.3, -0.25) is 14.9 Å². The van der Waals surface area contributed by atoms with Gasteiger partial charge in [-0.05, 0) is 54.1 Å². The average molecular weight is 454 g/mol. The van der Waals surface area contributed by atoms with Crippen LogP contribution in [0.4, 0.5) is 24.8 Å². The zero-order valence-electron chi connectivity index (χ0n) is 16.9. The molecule has 0 radical (unpaired) electrons. The van der Waals surface area contributed by atoms with Crippen molar-refractivity contribution >= 4 is 34.5 Å². The third-order valence-electron chi connectivity index (χ3n) is 4.83. The summed E-state index contributed by atoms with van der Waals surface area (Å²) in [6.45, 7) is -0.372. The highest BCUT2D eigenvalue weighted by Crippen LogP contribution is 2.26. The van der Waals surface area contributed by atoms with Crippen LogP contribution in [-0.4, -0.2) is 33.1 Å². The molecule has 3 aromatic carbocycles. The van der Waals surface area contributed by atoms with Crippen LogP contribution in [0.25, 0.3) is 11.0 Å². The lowest BCUT2D eigenvalue weighted by Crippen LogP contribution is -2.40. The second-order valence-corrected chi connectivity index (χ2v) is 7.16. The van der Waals surface area contributed by atoms with Crippen LogP contribution in [0.3, 0.4) is 0 Å². The summed E-state index contributed by atoms with van der Waals surface area (Å²) in [7, 11) is 0. The number of aromatic amines is 1. The van der Waals surface area contributed by atoms with Gasteiger partial charge in [0.1, 0.15) is 5.75 Å². The van der Waals surface area contributed by atoms with E-state index in [0.717, 1.165) is 5.52 Å². The molecule has 0 aliphatic carbocycles. The van der Waals surface area contributed by atoms with Crippen molar-refractivity contribution in [2.75, 3.05) is 10.2 Å². The van der Waals surface area contributed by atoms with E-state index in [1.165, 1.54) is 48.5 Å². The van der Waals surface area contributed by atoms with Gasteiger partial charge in [0.15, 0.2) is 0 Å². The number of aromatic nitrogens is 2. The number of carbonyl (C=O) groups excluding carboxylic acids is 2. The van der Waals surface area contributed by atoms with Crippen molar-refractivity contribution in [2.24, 2.45) is 0 Å². The molecule has 1 aromatic heterocycles. The number of hydrogen-bond donors (Lipinski definition) is 3. The Morgan fingerprint density at radius 2 is 1.64 bits per heavy atom. The summed E-state index contributed by atoms with van der Waals surface area (Å²) < 4.78 is 39.6. The molecule has 33 heavy (non-hydrogen) atoms. The number of phenolic OH excluding ortho intramolecular Hbond substituents is 1. The van der Waals surface area contributed by atoms with Crippen molar-refractivity contribution in [3.8, 4) is 5.75 Å². The number of rotatable bonds is 5. The number of amides is 2. The fourth-order valence-corrected chi connectivity index (χ4v) is 3.20. The minimum absolute atomic E-state index is 0.0364. The van der Waals surface area contributed by atoms with Gasteiger partial charge in [0.2, 0.25) is 5.95 Å². The molecule has 0 aliphatic heterocycles. The Labute approximate surface area is 185 Å². The zero-order chi connectivity index (χ0) is 23.6. The number of nitrogens with one attached hydrogen (secondary N) is 2. The van der Waals surface area contributed by atoms with Crippen molar-refractivity contribution in [3.05, 3.63) is 83.9 Å². The summed E-state index contributed by atoms with van der Waals surface area (Å²) >= 11 is 0. The number of H-pyrrole nitrogens is 1. The minimum Gasteiger partial charge on any atom is -0.508 e. The molecule has 0 aliphatic rings. The van der Waals surface area contributed by atoms with Crippen molar-refractivity contribution in [2.45, 2.75) is 12.7 Å². The van der Waals surface area contributed by atoms with Crippen LogP contribution in [-0.2, 0) is 11.3 Å². The number of nitrogens with zero attached hydrogens (tertiary/aromatic N) is 2. The van der Waals surface area contributed by atoms with Gasteiger partial charge in [-0.25, -0.2) is 4.98 Å². The normalized spacial score (nSPS) is 11.4. The lowest BCUT2D eigenvalue weighted by Gasteiger charge is -2.24. The van der Waals surface area contributed by atoms with Crippen LogP contribution in [0.5, 0.6) is 5.75 Å². The predicted molar refractivity (Wildman–Crippen MR) is 116 cm³/mol. The quantitative estimate of drug-likeness (QED) is 0.410. The van der Waals surface area contributed by atoms with E-state index in [1.54, 1.807) is 18.2 Å². The van der Waals surface area contributed by atoms with Gasteiger partial charge in [-0.1, -0.05) is 24.3 Å². The first-order valence-electron chi connectivity index (χ1n) is 9.73. The Morgan fingerprint density at radius 3 is 2.27 bits per heavy atom. The number of fused-ring (bicyclic) bond motifs is 1. The van der Waals surface area contributed by atoms with Crippen molar-refractivity contribution in [1.82, 2.24) is 9.97 Å². The maximum absolute atomic E-state index is 13.2. The zero-order valence-corrected chi connectivity index (χ0v) is 16.9.